The van der Waals surface area contributed by atoms with Crippen LogP contribution in [0.2, 0.25) is 0 Å². The van der Waals surface area contributed by atoms with E-state index in [9.17, 15) is 0 Å². The molecule has 1 aromatic heterocycles. The maximum atomic E-state index is 8.88. The molecule has 0 atom stereocenters. The van der Waals surface area contributed by atoms with E-state index in [2.05, 4.69) is 28.1 Å². The summed E-state index contributed by atoms with van der Waals surface area (Å²) in [5, 5.41) is 9.88. The molecule has 0 fully saturated rings. The molecule has 0 aliphatic carbocycles. The summed E-state index contributed by atoms with van der Waals surface area (Å²) in [5.74, 6) is 0.922. The lowest BCUT2D eigenvalue weighted by atomic mass is 10.3. The maximum absolute atomic E-state index is 8.88. The Balaban J connectivity index is 2.58. The molecule has 16 heavy (non-hydrogen) atoms. The minimum Gasteiger partial charge on any atom is -0.396 e. The van der Waals surface area contributed by atoms with Gasteiger partial charge in [-0.25, -0.2) is 4.98 Å². The number of hydrogen-bond acceptors (Lipinski definition) is 5. The Morgan fingerprint density at radius 2 is 2.00 bits per heavy atom. The molecular weight excluding hydrogens is 222 g/mol. The van der Waals surface area contributed by atoms with Gasteiger partial charge in [0.15, 0.2) is 0 Å². The zero-order valence-electron chi connectivity index (χ0n) is 10.1. The van der Waals surface area contributed by atoms with Crippen LogP contribution in [0.25, 0.3) is 0 Å². The average molecular weight is 243 g/mol. The first-order chi connectivity index (χ1) is 7.81. The summed E-state index contributed by atoms with van der Waals surface area (Å²) < 4.78 is 4.30. The molecule has 0 aliphatic rings. The Bertz CT molecular complexity index is 283. The van der Waals surface area contributed by atoms with E-state index in [0.29, 0.717) is 0 Å². The van der Waals surface area contributed by atoms with Crippen LogP contribution in [0.1, 0.15) is 38.9 Å². The monoisotopic (exact) mass is 243 g/mol. The number of aliphatic hydroxyl groups is 1. The molecule has 5 heteroatoms. The fourth-order valence-electron chi connectivity index (χ4n) is 1.43. The third-order valence-electron chi connectivity index (χ3n) is 2.41. The third kappa shape index (κ3) is 4.06. The van der Waals surface area contributed by atoms with Gasteiger partial charge < -0.3 is 10.0 Å². The summed E-state index contributed by atoms with van der Waals surface area (Å²) in [6.07, 6.45) is 4.02. The Kier molecular flexibility index (Phi) is 6.33. The first-order valence-corrected chi connectivity index (χ1v) is 6.77. The summed E-state index contributed by atoms with van der Waals surface area (Å²) >= 11 is 1.47. The summed E-state index contributed by atoms with van der Waals surface area (Å²) in [7, 11) is 0. The smallest absolute Gasteiger partial charge is 0.205 e. The van der Waals surface area contributed by atoms with E-state index in [4.69, 9.17) is 5.11 Å². The maximum Gasteiger partial charge on any atom is 0.205 e. The number of hydrogen-bond donors (Lipinski definition) is 1. The highest BCUT2D eigenvalue weighted by molar-refractivity contribution is 7.09. The van der Waals surface area contributed by atoms with Crippen LogP contribution in [0, 0.1) is 0 Å². The molecule has 1 rings (SSSR count). The molecule has 92 valence electrons. The van der Waals surface area contributed by atoms with Gasteiger partial charge in [0, 0.05) is 37.6 Å². The Morgan fingerprint density at radius 3 is 2.56 bits per heavy atom. The summed E-state index contributed by atoms with van der Waals surface area (Å²) in [6, 6.07) is 0. The van der Waals surface area contributed by atoms with Gasteiger partial charge in [-0.1, -0.05) is 20.3 Å². The standard InChI is InChI=1S/C11H21N3OS/c1-3-5-7-14(8-6-9-15)11-12-10(4-2)13-16-11/h15H,3-9H2,1-2H3. The van der Waals surface area contributed by atoms with Crippen LogP contribution < -0.4 is 4.90 Å². The second-order valence-electron chi connectivity index (χ2n) is 3.76. The Labute approximate surface area is 101 Å². The van der Waals surface area contributed by atoms with Crippen molar-refractivity contribution < 1.29 is 5.11 Å². The summed E-state index contributed by atoms with van der Waals surface area (Å²) in [4.78, 5) is 6.72. The van der Waals surface area contributed by atoms with Gasteiger partial charge in [-0.2, -0.15) is 4.37 Å². The quantitative estimate of drug-likeness (QED) is 0.759. The summed E-state index contributed by atoms with van der Waals surface area (Å²) in [5.41, 5.74) is 0. The number of rotatable bonds is 8. The molecule has 0 aromatic carbocycles. The van der Waals surface area contributed by atoms with Gasteiger partial charge in [-0.05, 0) is 12.8 Å². The van der Waals surface area contributed by atoms with Gasteiger partial charge in [0.05, 0.1) is 0 Å². The average Bonchev–Trinajstić information content (AvgIpc) is 2.78. The molecule has 1 N–H and O–H groups in total. The molecule has 0 saturated carbocycles. The highest BCUT2D eigenvalue weighted by Crippen LogP contribution is 2.18. The van der Waals surface area contributed by atoms with Crippen molar-refractivity contribution in [2.75, 3.05) is 24.6 Å². The lowest BCUT2D eigenvalue weighted by Gasteiger charge is -2.20. The highest BCUT2D eigenvalue weighted by Gasteiger charge is 2.10. The van der Waals surface area contributed by atoms with Crippen molar-refractivity contribution in [2.24, 2.45) is 0 Å². The molecule has 4 nitrogen and oxygen atoms in total. The van der Waals surface area contributed by atoms with E-state index in [1.807, 2.05) is 0 Å². The normalized spacial score (nSPS) is 10.7. The van der Waals surface area contributed by atoms with E-state index < -0.39 is 0 Å². The number of aryl methyl sites for hydroxylation is 1. The lowest BCUT2D eigenvalue weighted by molar-refractivity contribution is 0.289. The summed E-state index contributed by atoms with van der Waals surface area (Å²) in [6.45, 7) is 6.36. The number of anilines is 1. The molecular formula is C11H21N3OS. The van der Waals surface area contributed by atoms with Crippen molar-refractivity contribution in [3.05, 3.63) is 5.82 Å². The van der Waals surface area contributed by atoms with E-state index >= 15 is 0 Å². The Hall–Kier alpha value is -0.680. The van der Waals surface area contributed by atoms with Crippen LogP contribution >= 0.6 is 11.5 Å². The van der Waals surface area contributed by atoms with Crippen LogP contribution in [0.3, 0.4) is 0 Å². The second-order valence-corrected chi connectivity index (χ2v) is 4.49. The van der Waals surface area contributed by atoms with Gasteiger partial charge >= 0.3 is 0 Å². The van der Waals surface area contributed by atoms with Crippen LogP contribution in [0.4, 0.5) is 5.13 Å². The molecule has 0 amide bonds. The zero-order chi connectivity index (χ0) is 11.8. The molecule has 0 bridgehead atoms. The number of nitrogens with zero attached hydrogens (tertiary/aromatic N) is 3. The topological polar surface area (TPSA) is 49.2 Å². The van der Waals surface area contributed by atoms with E-state index in [0.717, 1.165) is 43.3 Å². The molecule has 0 aliphatic heterocycles. The molecule has 0 spiro atoms. The first-order valence-electron chi connectivity index (χ1n) is 6.00. The molecule has 0 radical (unpaired) electrons. The van der Waals surface area contributed by atoms with Gasteiger partial charge in [0.2, 0.25) is 5.13 Å². The molecule has 1 aromatic rings. The van der Waals surface area contributed by atoms with Crippen molar-refractivity contribution in [1.82, 2.24) is 9.36 Å². The van der Waals surface area contributed by atoms with Crippen molar-refractivity contribution in [3.8, 4) is 0 Å². The largest absolute Gasteiger partial charge is 0.396 e. The Morgan fingerprint density at radius 1 is 1.25 bits per heavy atom. The first kappa shape index (κ1) is 13.4. The number of unbranched alkanes of at least 4 members (excludes halogenated alkanes) is 1. The van der Waals surface area contributed by atoms with E-state index in [1.165, 1.54) is 18.0 Å². The molecule has 1 heterocycles. The zero-order valence-corrected chi connectivity index (χ0v) is 11.0. The third-order valence-corrected chi connectivity index (χ3v) is 3.23. The van der Waals surface area contributed by atoms with Crippen LogP contribution in [0.15, 0.2) is 0 Å². The van der Waals surface area contributed by atoms with Gasteiger partial charge in [0.25, 0.3) is 0 Å². The minimum atomic E-state index is 0.238. The molecule has 0 saturated heterocycles. The van der Waals surface area contributed by atoms with Gasteiger partial charge in [0.1, 0.15) is 5.82 Å². The number of aliphatic hydroxyl groups excluding tert-OH is 1. The second kappa shape index (κ2) is 7.57. The highest BCUT2D eigenvalue weighted by atomic mass is 32.1. The van der Waals surface area contributed by atoms with Crippen molar-refractivity contribution in [1.29, 1.82) is 0 Å². The van der Waals surface area contributed by atoms with Crippen molar-refractivity contribution in [2.45, 2.75) is 39.5 Å². The fraction of sp³-hybridized carbons (Fsp3) is 0.818. The predicted molar refractivity (Wildman–Crippen MR) is 68.1 cm³/mol. The van der Waals surface area contributed by atoms with Crippen LogP contribution in [0.5, 0.6) is 0 Å². The van der Waals surface area contributed by atoms with Gasteiger partial charge in [-0.15, -0.1) is 0 Å². The van der Waals surface area contributed by atoms with E-state index in [1.54, 1.807) is 0 Å². The van der Waals surface area contributed by atoms with Crippen molar-refractivity contribution in [3.63, 3.8) is 0 Å². The van der Waals surface area contributed by atoms with Crippen LogP contribution in [-0.4, -0.2) is 34.2 Å². The SMILES string of the molecule is CCCCN(CCCO)c1nc(CC)ns1. The minimum absolute atomic E-state index is 0.238. The van der Waals surface area contributed by atoms with Crippen LogP contribution in [-0.2, 0) is 6.42 Å². The lowest BCUT2D eigenvalue weighted by Crippen LogP contribution is -2.26. The van der Waals surface area contributed by atoms with Crippen molar-refractivity contribution >= 4 is 16.7 Å². The molecule has 0 unspecified atom stereocenters. The van der Waals surface area contributed by atoms with Gasteiger partial charge in [-0.3, -0.25) is 0 Å². The fourth-order valence-corrected chi connectivity index (χ4v) is 2.23. The van der Waals surface area contributed by atoms with E-state index in [-0.39, 0.29) is 6.61 Å². The predicted octanol–water partition coefficient (Wildman–Crippen LogP) is 2.09. The number of aromatic nitrogens is 2.